The predicted molar refractivity (Wildman–Crippen MR) is 91.5 cm³/mol. The van der Waals surface area contributed by atoms with Gasteiger partial charge in [-0.2, -0.15) is 0 Å². The highest BCUT2D eigenvalue weighted by atomic mass is 32.1. The van der Waals surface area contributed by atoms with E-state index in [1.54, 1.807) is 18.3 Å². The molecule has 0 spiro atoms. The number of hydrogen-bond donors (Lipinski definition) is 1. The minimum Gasteiger partial charge on any atom is -0.480 e. The van der Waals surface area contributed by atoms with Gasteiger partial charge in [0, 0.05) is 11.3 Å². The van der Waals surface area contributed by atoms with Crippen LogP contribution in [0.2, 0.25) is 0 Å². The summed E-state index contributed by atoms with van der Waals surface area (Å²) in [7, 11) is 0. The third-order valence-corrected chi connectivity index (χ3v) is 5.74. The zero-order valence-electron chi connectivity index (χ0n) is 13.6. The number of hydrogen-bond acceptors (Lipinski definition) is 4. The second-order valence-corrected chi connectivity index (χ2v) is 7.19. The van der Waals surface area contributed by atoms with E-state index >= 15 is 0 Å². The van der Waals surface area contributed by atoms with E-state index in [-0.39, 0.29) is 5.56 Å². The fraction of sp³-hybridized carbons (Fsp3) is 0.588. The quantitative estimate of drug-likeness (QED) is 0.910. The first-order valence-corrected chi connectivity index (χ1v) is 9.18. The van der Waals surface area contributed by atoms with Gasteiger partial charge in [-0.25, -0.2) is 9.78 Å². The SMILES string of the molecule is CCCc1nc2sc3c(c2c(=O)n1C(CC)C(=O)O)CCCC3. The number of aromatic nitrogens is 2. The van der Waals surface area contributed by atoms with Crippen LogP contribution < -0.4 is 5.56 Å². The molecular formula is C17H22N2O3S. The fourth-order valence-corrected chi connectivity index (χ4v) is 4.72. The van der Waals surface area contributed by atoms with Crippen molar-refractivity contribution >= 4 is 27.5 Å². The minimum absolute atomic E-state index is 0.160. The van der Waals surface area contributed by atoms with Crippen molar-refractivity contribution in [1.29, 1.82) is 0 Å². The lowest BCUT2D eigenvalue weighted by atomic mass is 9.97. The number of aryl methyl sites for hydroxylation is 3. The van der Waals surface area contributed by atoms with E-state index in [9.17, 15) is 14.7 Å². The van der Waals surface area contributed by atoms with Crippen LogP contribution in [0, 0.1) is 0 Å². The van der Waals surface area contributed by atoms with Gasteiger partial charge in [-0.3, -0.25) is 9.36 Å². The lowest BCUT2D eigenvalue weighted by Gasteiger charge is -2.18. The Hall–Kier alpha value is -1.69. The molecule has 0 saturated heterocycles. The summed E-state index contributed by atoms with van der Waals surface area (Å²) in [4.78, 5) is 31.5. The van der Waals surface area contributed by atoms with E-state index in [1.165, 1.54) is 9.44 Å². The Kier molecular flexibility index (Phi) is 4.53. The Morgan fingerprint density at radius 3 is 2.74 bits per heavy atom. The van der Waals surface area contributed by atoms with Gasteiger partial charge in [0.2, 0.25) is 0 Å². The number of carboxylic acid groups (broad SMARTS) is 1. The number of nitrogens with zero attached hydrogens (tertiary/aromatic N) is 2. The second kappa shape index (κ2) is 6.43. The Balaban J connectivity index is 2.31. The maximum absolute atomic E-state index is 13.1. The summed E-state index contributed by atoms with van der Waals surface area (Å²) >= 11 is 1.62. The third kappa shape index (κ3) is 2.69. The molecule has 0 amide bonds. The number of carbonyl (C=O) groups is 1. The molecule has 0 aliphatic heterocycles. The highest BCUT2D eigenvalue weighted by Gasteiger charge is 2.27. The van der Waals surface area contributed by atoms with E-state index in [0.717, 1.165) is 42.5 Å². The molecule has 0 aromatic carbocycles. The van der Waals surface area contributed by atoms with Gasteiger partial charge >= 0.3 is 5.97 Å². The fourth-order valence-electron chi connectivity index (χ4n) is 3.45. The molecule has 0 radical (unpaired) electrons. The van der Waals surface area contributed by atoms with Crippen molar-refractivity contribution in [3.63, 3.8) is 0 Å². The van der Waals surface area contributed by atoms with Gasteiger partial charge in [-0.15, -0.1) is 11.3 Å². The standard InChI is InChI=1S/C17H22N2O3S/c1-3-7-13-18-15-14(10-8-5-6-9-12(10)23-15)16(20)19(13)11(4-2)17(21)22/h11H,3-9H2,1-2H3,(H,21,22). The van der Waals surface area contributed by atoms with Crippen LogP contribution in [0.3, 0.4) is 0 Å². The highest BCUT2D eigenvalue weighted by molar-refractivity contribution is 7.18. The molecule has 2 aromatic rings. The number of rotatable bonds is 5. The number of fused-ring (bicyclic) bond motifs is 3. The van der Waals surface area contributed by atoms with E-state index in [1.807, 2.05) is 6.92 Å². The van der Waals surface area contributed by atoms with Crippen LogP contribution in [0.5, 0.6) is 0 Å². The van der Waals surface area contributed by atoms with Crippen LogP contribution in [0.25, 0.3) is 10.2 Å². The first kappa shape index (κ1) is 16.2. The molecular weight excluding hydrogens is 312 g/mol. The largest absolute Gasteiger partial charge is 0.480 e. The molecule has 6 heteroatoms. The van der Waals surface area contributed by atoms with Crippen LogP contribution in [0.15, 0.2) is 4.79 Å². The predicted octanol–water partition coefficient (Wildman–Crippen LogP) is 3.33. The van der Waals surface area contributed by atoms with Crippen molar-refractivity contribution in [2.75, 3.05) is 0 Å². The molecule has 1 aliphatic rings. The Bertz CT molecular complexity index is 806. The number of thiophene rings is 1. The molecule has 2 aromatic heterocycles. The molecule has 2 heterocycles. The molecule has 0 bridgehead atoms. The maximum atomic E-state index is 13.1. The molecule has 0 fully saturated rings. The van der Waals surface area contributed by atoms with Crippen LogP contribution in [0.1, 0.15) is 61.8 Å². The van der Waals surface area contributed by atoms with Gasteiger partial charge in [-0.05, 0) is 44.1 Å². The molecule has 1 aliphatic carbocycles. The Morgan fingerprint density at radius 2 is 2.09 bits per heavy atom. The van der Waals surface area contributed by atoms with E-state index in [2.05, 4.69) is 0 Å². The van der Waals surface area contributed by atoms with Gasteiger partial charge in [0.25, 0.3) is 5.56 Å². The average molecular weight is 334 g/mol. The molecule has 1 unspecified atom stereocenters. The average Bonchev–Trinajstić information content (AvgIpc) is 2.89. The van der Waals surface area contributed by atoms with Crippen molar-refractivity contribution in [1.82, 2.24) is 9.55 Å². The summed E-state index contributed by atoms with van der Waals surface area (Å²) in [6.45, 7) is 3.82. The van der Waals surface area contributed by atoms with Crippen molar-refractivity contribution in [3.8, 4) is 0 Å². The Morgan fingerprint density at radius 1 is 1.35 bits per heavy atom. The van der Waals surface area contributed by atoms with Gasteiger partial charge in [-0.1, -0.05) is 13.8 Å². The first-order valence-electron chi connectivity index (χ1n) is 8.36. The molecule has 23 heavy (non-hydrogen) atoms. The van der Waals surface area contributed by atoms with Crippen LogP contribution >= 0.6 is 11.3 Å². The summed E-state index contributed by atoms with van der Waals surface area (Å²) in [6, 6.07) is -0.833. The topological polar surface area (TPSA) is 72.2 Å². The van der Waals surface area contributed by atoms with Gasteiger partial charge < -0.3 is 5.11 Å². The summed E-state index contributed by atoms with van der Waals surface area (Å²) in [5, 5.41) is 10.2. The molecule has 5 nitrogen and oxygen atoms in total. The van der Waals surface area contributed by atoms with Crippen molar-refractivity contribution in [2.24, 2.45) is 0 Å². The summed E-state index contributed by atoms with van der Waals surface area (Å²) < 4.78 is 1.44. The van der Waals surface area contributed by atoms with Crippen LogP contribution in [-0.4, -0.2) is 20.6 Å². The lowest BCUT2D eigenvalue weighted by molar-refractivity contribution is -0.141. The minimum atomic E-state index is -0.961. The van der Waals surface area contributed by atoms with Crippen molar-refractivity contribution in [2.45, 2.75) is 64.8 Å². The molecule has 1 atom stereocenters. The van der Waals surface area contributed by atoms with E-state index in [4.69, 9.17) is 4.98 Å². The third-order valence-electron chi connectivity index (χ3n) is 4.55. The van der Waals surface area contributed by atoms with Gasteiger partial charge in [0.15, 0.2) is 0 Å². The summed E-state index contributed by atoms with van der Waals surface area (Å²) in [5.41, 5.74) is 0.956. The maximum Gasteiger partial charge on any atom is 0.326 e. The molecule has 1 N–H and O–H groups in total. The smallest absolute Gasteiger partial charge is 0.326 e. The van der Waals surface area contributed by atoms with E-state index in [0.29, 0.717) is 24.1 Å². The van der Waals surface area contributed by atoms with Crippen molar-refractivity contribution < 1.29 is 9.90 Å². The highest BCUT2D eigenvalue weighted by Crippen LogP contribution is 2.34. The number of carboxylic acids is 1. The zero-order valence-corrected chi connectivity index (χ0v) is 14.4. The van der Waals surface area contributed by atoms with Gasteiger partial charge in [0.1, 0.15) is 16.7 Å². The monoisotopic (exact) mass is 334 g/mol. The molecule has 0 saturated carbocycles. The van der Waals surface area contributed by atoms with Gasteiger partial charge in [0.05, 0.1) is 5.39 Å². The normalized spacial score (nSPS) is 15.6. The van der Waals surface area contributed by atoms with Crippen molar-refractivity contribution in [3.05, 3.63) is 26.6 Å². The number of aliphatic carboxylic acids is 1. The first-order chi connectivity index (χ1) is 11.1. The van der Waals surface area contributed by atoms with E-state index < -0.39 is 12.0 Å². The molecule has 124 valence electrons. The van der Waals surface area contributed by atoms with Crippen LogP contribution in [-0.2, 0) is 24.1 Å². The van der Waals surface area contributed by atoms with Crippen LogP contribution in [0.4, 0.5) is 0 Å². The summed E-state index contributed by atoms with van der Waals surface area (Å²) in [6.07, 6.45) is 5.99. The zero-order chi connectivity index (χ0) is 16.6. The Labute approximate surface area is 139 Å². The summed E-state index contributed by atoms with van der Waals surface area (Å²) in [5.74, 6) is -0.352. The molecule has 3 rings (SSSR count). The lowest BCUT2D eigenvalue weighted by Crippen LogP contribution is -2.33. The second-order valence-electron chi connectivity index (χ2n) is 6.11.